The number of nitrogens with zero attached hydrogens (tertiary/aromatic N) is 2. The van der Waals surface area contributed by atoms with Gasteiger partial charge in [-0.25, -0.2) is 0 Å². The minimum absolute atomic E-state index is 0.0874. The van der Waals surface area contributed by atoms with Crippen LogP contribution in [0.1, 0.15) is 5.56 Å². The van der Waals surface area contributed by atoms with E-state index >= 15 is 0 Å². The fraction of sp³-hybridized carbons (Fsp3) is 0.615. The Kier molecular flexibility index (Phi) is 4.95. The van der Waals surface area contributed by atoms with Crippen molar-refractivity contribution in [1.82, 2.24) is 14.8 Å². The van der Waals surface area contributed by atoms with E-state index in [-0.39, 0.29) is 5.56 Å². The summed E-state index contributed by atoms with van der Waals surface area (Å²) in [5, 5.41) is 3.19. The van der Waals surface area contributed by atoms with Gasteiger partial charge < -0.3 is 20.9 Å². The van der Waals surface area contributed by atoms with Crippen molar-refractivity contribution in [3.05, 3.63) is 28.2 Å². The number of anilines is 1. The molecule has 1 fully saturated rings. The maximum absolute atomic E-state index is 11.6. The van der Waals surface area contributed by atoms with Crippen molar-refractivity contribution < 1.29 is 0 Å². The highest BCUT2D eigenvalue weighted by Crippen LogP contribution is 2.03. The first-order valence-electron chi connectivity index (χ1n) is 6.75. The van der Waals surface area contributed by atoms with Gasteiger partial charge in [0.25, 0.3) is 5.56 Å². The van der Waals surface area contributed by atoms with Gasteiger partial charge in [-0.3, -0.25) is 9.69 Å². The molecule has 4 N–H and O–H groups in total. The van der Waals surface area contributed by atoms with Crippen molar-refractivity contribution in [1.29, 1.82) is 0 Å². The molecule has 0 amide bonds. The number of likely N-dealkylation sites (N-methyl/N-ethyl adjacent to an activating group) is 1. The van der Waals surface area contributed by atoms with Crippen molar-refractivity contribution in [2.24, 2.45) is 5.73 Å². The highest BCUT2D eigenvalue weighted by molar-refractivity contribution is 5.42. The second-order valence-corrected chi connectivity index (χ2v) is 5.03. The van der Waals surface area contributed by atoms with Crippen LogP contribution in [0.2, 0.25) is 0 Å². The molecule has 0 aliphatic carbocycles. The summed E-state index contributed by atoms with van der Waals surface area (Å²) in [5.74, 6) is 0. The molecule has 0 aromatic carbocycles. The molecular formula is C13H23N5O. The molecule has 19 heavy (non-hydrogen) atoms. The van der Waals surface area contributed by atoms with E-state index in [1.165, 1.54) is 0 Å². The number of pyridine rings is 1. The molecule has 2 heterocycles. The summed E-state index contributed by atoms with van der Waals surface area (Å²) in [6.07, 6.45) is 1.66. The number of nitrogens with one attached hydrogen (secondary N) is 2. The van der Waals surface area contributed by atoms with E-state index in [9.17, 15) is 4.79 Å². The van der Waals surface area contributed by atoms with Gasteiger partial charge in [-0.1, -0.05) is 0 Å². The molecule has 106 valence electrons. The molecule has 0 atom stereocenters. The molecule has 0 radical (unpaired) electrons. The van der Waals surface area contributed by atoms with Crippen LogP contribution in [0.5, 0.6) is 0 Å². The maximum Gasteiger partial charge on any atom is 0.271 e. The second-order valence-electron chi connectivity index (χ2n) is 5.03. The van der Waals surface area contributed by atoms with E-state index in [2.05, 4.69) is 27.1 Å². The van der Waals surface area contributed by atoms with E-state index < -0.39 is 0 Å². The lowest BCUT2D eigenvalue weighted by molar-refractivity contribution is 0.158. The Hall–Kier alpha value is -1.37. The molecule has 6 nitrogen and oxygen atoms in total. The molecule has 0 bridgehead atoms. The number of piperazine rings is 1. The third kappa shape index (κ3) is 4.05. The lowest BCUT2D eigenvalue weighted by atomic mass is 10.2. The van der Waals surface area contributed by atoms with Crippen molar-refractivity contribution in [3.8, 4) is 0 Å². The normalized spacial score (nSPS) is 17.6. The number of hydrogen-bond donors (Lipinski definition) is 3. The summed E-state index contributed by atoms with van der Waals surface area (Å²) in [5.41, 5.74) is 7.02. The Morgan fingerprint density at radius 2 is 2.11 bits per heavy atom. The molecule has 6 heteroatoms. The van der Waals surface area contributed by atoms with Crippen molar-refractivity contribution in [2.75, 3.05) is 51.6 Å². The standard InChI is InChI=1S/C13H23N5O/c1-17-4-6-18(7-5-17)3-2-15-12-8-11(9-14)10-16-13(12)19/h8,10,15H,2-7,9,14H2,1H3,(H,16,19). The van der Waals surface area contributed by atoms with Crippen LogP contribution in [0.3, 0.4) is 0 Å². The third-order valence-corrected chi connectivity index (χ3v) is 3.54. The molecule has 1 aliphatic rings. The smallest absolute Gasteiger partial charge is 0.271 e. The highest BCUT2D eigenvalue weighted by atomic mass is 16.1. The van der Waals surface area contributed by atoms with Gasteiger partial charge in [0.2, 0.25) is 0 Å². The number of rotatable bonds is 5. The van der Waals surface area contributed by atoms with Crippen LogP contribution in [0.25, 0.3) is 0 Å². The molecule has 0 spiro atoms. The van der Waals surface area contributed by atoms with E-state index in [0.717, 1.165) is 44.8 Å². The summed E-state index contributed by atoms with van der Waals surface area (Å²) >= 11 is 0. The van der Waals surface area contributed by atoms with Gasteiger partial charge >= 0.3 is 0 Å². The largest absolute Gasteiger partial charge is 0.379 e. The van der Waals surface area contributed by atoms with Gasteiger partial charge in [0, 0.05) is 52.0 Å². The Balaban J connectivity index is 1.81. The van der Waals surface area contributed by atoms with E-state index in [0.29, 0.717) is 12.2 Å². The van der Waals surface area contributed by atoms with Gasteiger partial charge in [-0.2, -0.15) is 0 Å². The lowest BCUT2D eigenvalue weighted by Gasteiger charge is -2.32. The summed E-state index contributed by atoms with van der Waals surface area (Å²) < 4.78 is 0. The van der Waals surface area contributed by atoms with Crippen LogP contribution < -0.4 is 16.6 Å². The number of nitrogens with two attached hydrogens (primary N) is 1. The van der Waals surface area contributed by atoms with Crippen LogP contribution in [-0.2, 0) is 6.54 Å². The predicted molar refractivity (Wildman–Crippen MR) is 77.4 cm³/mol. The zero-order valence-corrected chi connectivity index (χ0v) is 11.5. The lowest BCUT2D eigenvalue weighted by Crippen LogP contribution is -2.45. The Morgan fingerprint density at radius 3 is 2.79 bits per heavy atom. The zero-order valence-electron chi connectivity index (χ0n) is 11.5. The zero-order chi connectivity index (χ0) is 13.7. The van der Waals surface area contributed by atoms with E-state index in [1.54, 1.807) is 6.20 Å². The van der Waals surface area contributed by atoms with Gasteiger partial charge in [-0.05, 0) is 18.7 Å². The van der Waals surface area contributed by atoms with Crippen LogP contribution in [-0.4, -0.2) is 61.1 Å². The summed E-state index contributed by atoms with van der Waals surface area (Å²) in [6, 6.07) is 1.82. The van der Waals surface area contributed by atoms with Gasteiger partial charge in [-0.15, -0.1) is 0 Å². The topological polar surface area (TPSA) is 77.4 Å². The minimum atomic E-state index is -0.0874. The van der Waals surface area contributed by atoms with Crippen LogP contribution in [0.4, 0.5) is 5.69 Å². The molecule has 1 saturated heterocycles. The first-order chi connectivity index (χ1) is 9.19. The van der Waals surface area contributed by atoms with E-state index in [4.69, 9.17) is 5.73 Å². The SMILES string of the molecule is CN1CCN(CCNc2cc(CN)c[nH]c2=O)CC1. The summed E-state index contributed by atoms with van der Waals surface area (Å²) in [7, 11) is 2.15. The molecule has 0 saturated carbocycles. The summed E-state index contributed by atoms with van der Waals surface area (Å²) in [4.78, 5) is 19.1. The fourth-order valence-electron chi connectivity index (χ4n) is 2.20. The molecule has 1 aromatic heterocycles. The average Bonchev–Trinajstić information content (AvgIpc) is 2.43. The average molecular weight is 265 g/mol. The number of aromatic nitrogens is 1. The second kappa shape index (κ2) is 6.70. The molecule has 1 aliphatic heterocycles. The molecule has 1 aromatic rings. The van der Waals surface area contributed by atoms with Crippen LogP contribution in [0.15, 0.2) is 17.1 Å². The molecular weight excluding hydrogens is 242 g/mol. The van der Waals surface area contributed by atoms with Gasteiger partial charge in [0.1, 0.15) is 5.69 Å². The Morgan fingerprint density at radius 1 is 1.37 bits per heavy atom. The van der Waals surface area contributed by atoms with Crippen molar-refractivity contribution in [2.45, 2.75) is 6.54 Å². The van der Waals surface area contributed by atoms with Gasteiger partial charge in [0.05, 0.1) is 0 Å². The van der Waals surface area contributed by atoms with Crippen molar-refractivity contribution >= 4 is 5.69 Å². The van der Waals surface area contributed by atoms with Crippen LogP contribution in [0, 0.1) is 0 Å². The first-order valence-corrected chi connectivity index (χ1v) is 6.75. The molecule has 2 rings (SSSR count). The maximum atomic E-state index is 11.6. The Labute approximate surface area is 113 Å². The van der Waals surface area contributed by atoms with E-state index in [1.807, 2.05) is 6.07 Å². The van der Waals surface area contributed by atoms with Gasteiger partial charge in [0.15, 0.2) is 0 Å². The monoisotopic (exact) mass is 265 g/mol. The van der Waals surface area contributed by atoms with Crippen LogP contribution >= 0.6 is 0 Å². The molecule has 0 unspecified atom stereocenters. The quantitative estimate of drug-likeness (QED) is 0.668. The predicted octanol–water partition coefficient (Wildman–Crippen LogP) is -0.507. The number of aromatic amines is 1. The fourth-order valence-corrected chi connectivity index (χ4v) is 2.20. The number of hydrogen-bond acceptors (Lipinski definition) is 5. The minimum Gasteiger partial charge on any atom is -0.379 e. The highest BCUT2D eigenvalue weighted by Gasteiger charge is 2.12. The Bertz CT molecular complexity index is 451. The number of H-pyrrole nitrogens is 1. The summed E-state index contributed by atoms with van der Waals surface area (Å²) in [6.45, 7) is 6.59. The third-order valence-electron chi connectivity index (χ3n) is 3.54. The first kappa shape index (κ1) is 14.0. The van der Waals surface area contributed by atoms with Crippen molar-refractivity contribution in [3.63, 3.8) is 0 Å².